The van der Waals surface area contributed by atoms with Crippen LogP contribution in [0.5, 0.6) is 0 Å². The zero-order chi connectivity index (χ0) is 12.2. The predicted octanol–water partition coefficient (Wildman–Crippen LogP) is 2.10. The third kappa shape index (κ3) is 3.06. The number of hydrogen-bond acceptors (Lipinski definition) is 3. The van der Waals surface area contributed by atoms with E-state index in [0.717, 1.165) is 17.3 Å². The van der Waals surface area contributed by atoms with E-state index in [1.165, 1.54) is 0 Å². The standard InChI is InChI=1S/C9H11F3N2O2/c1-2-3-16-6-14-4-7(5-15)8(13-14)9(10,11)12/h4-5H,2-3,6H2,1H3. The number of carbonyl (C=O) groups is 1. The molecule has 0 saturated carbocycles. The van der Waals surface area contributed by atoms with Crippen molar-refractivity contribution >= 4 is 6.29 Å². The van der Waals surface area contributed by atoms with Gasteiger partial charge in [0.2, 0.25) is 0 Å². The largest absolute Gasteiger partial charge is 0.435 e. The highest BCUT2D eigenvalue weighted by atomic mass is 19.4. The van der Waals surface area contributed by atoms with E-state index >= 15 is 0 Å². The number of ether oxygens (including phenoxy) is 1. The van der Waals surface area contributed by atoms with Gasteiger partial charge in [-0.2, -0.15) is 18.3 Å². The highest BCUT2D eigenvalue weighted by molar-refractivity contribution is 5.76. The van der Waals surface area contributed by atoms with Gasteiger partial charge in [-0.1, -0.05) is 6.92 Å². The summed E-state index contributed by atoms with van der Waals surface area (Å²) in [5.74, 6) is 0. The van der Waals surface area contributed by atoms with Gasteiger partial charge in [0.1, 0.15) is 6.73 Å². The summed E-state index contributed by atoms with van der Waals surface area (Å²) in [6.07, 6.45) is -2.71. The van der Waals surface area contributed by atoms with Crippen molar-refractivity contribution < 1.29 is 22.7 Å². The first-order chi connectivity index (χ1) is 7.49. The van der Waals surface area contributed by atoms with E-state index in [0.29, 0.717) is 6.61 Å². The molecular formula is C9H11F3N2O2. The molecule has 0 atom stereocenters. The van der Waals surface area contributed by atoms with Gasteiger partial charge in [-0.15, -0.1) is 0 Å². The molecule has 90 valence electrons. The highest BCUT2D eigenvalue weighted by Crippen LogP contribution is 2.29. The molecule has 0 fully saturated rings. The SMILES string of the molecule is CCCOCn1cc(C=O)c(C(F)(F)F)n1. The number of alkyl halides is 3. The van der Waals surface area contributed by atoms with Crippen molar-refractivity contribution in [2.75, 3.05) is 6.61 Å². The zero-order valence-corrected chi connectivity index (χ0v) is 8.62. The number of carbonyl (C=O) groups excluding carboxylic acids is 1. The van der Waals surface area contributed by atoms with Crippen molar-refractivity contribution in [3.05, 3.63) is 17.5 Å². The lowest BCUT2D eigenvalue weighted by molar-refractivity contribution is -0.142. The molecule has 0 amide bonds. The predicted molar refractivity (Wildman–Crippen MR) is 48.9 cm³/mol. The Bertz CT molecular complexity index is 360. The van der Waals surface area contributed by atoms with Gasteiger partial charge in [0.05, 0.1) is 5.56 Å². The summed E-state index contributed by atoms with van der Waals surface area (Å²) in [6, 6.07) is 0. The maximum absolute atomic E-state index is 12.4. The first-order valence-corrected chi connectivity index (χ1v) is 4.66. The summed E-state index contributed by atoms with van der Waals surface area (Å²) in [6.45, 7) is 2.21. The van der Waals surface area contributed by atoms with E-state index in [1.54, 1.807) is 0 Å². The fourth-order valence-electron chi connectivity index (χ4n) is 1.11. The maximum atomic E-state index is 12.4. The van der Waals surface area contributed by atoms with Gasteiger partial charge in [0.25, 0.3) is 0 Å². The van der Waals surface area contributed by atoms with Crippen molar-refractivity contribution in [2.45, 2.75) is 26.3 Å². The smallest absolute Gasteiger partial charge is 0.359 e. The molecule has 7 heteroatoms. The van der Waals surface area contributed by atoms with E-state index in [2.05, 4.69) is 5.10 Å². The van der Waals surface area contributed by atoms with Crippen LogP contribution in [0.4, 0.5) is 13.2 Å². The lowest BCUT2D eigenvalue weighted by Crippen LogP contribution is -2.10. The van der Waals surface area contributed by atoms with Crippen LogP contribution in [0.1, 0.15) is 29.4 Å². The van der Waals surface area contributed by atoms with Crippen LogP contribution < -0.4 is 0 Å². The number of rotatable bonds is 5. The second-order valence-corrected chi connectivity index (χ2v) is 3.13. The normalized spacial score (nSPS) is 11.8. The summed E-state index contributed by atoms with van der Waals surface area (Å²) < 4.78 is 43.1. The number of halogens is 3. The number of aromatic nitrogens is 2. The van der Waals surface area contributed by atoms with Gasteiger partial charge in [0, 0.05) is 12.8 Å². The number of nitrogens with zero attached hydrogens (tertiary/aromatic N) is 2. The molecule has 0 radical (unpaired) electrons. The zero-order valence-electron chi connectivity index (χ0n) is 8.62. The van der Waals surface area contributed by atoms with E-state index < -0.39 is 17.4 Å². The van der Waals surface area contributed by atoms with Crippen LogP contribution in [0, 0.1) is 0 Å². The monoisotopic (exact) mass is 236 g/mol. The molecule has 0 aromatic carbocycles. The summed E-state index contributed by atoms with van der Waals surface area (Å²) >= 11 is 0. The quantitative estimate of drug-likeness (QED) is 0.580. The molecule has 1 heterocycles. The summed E-state index contributed by atoms with van der Waals surface area (Å²) in [7, 11) is 0. The van der Waals surface area contributed by atoms with Crippen LogP contribution in [0.3, 0.4) is 0 Å². The lowest BCUT2D eigenvalue weighted by atomic mass is 10.3. The van der Waals surface area contributed by atoms with Crippen LogP contribution in [0.2, 0.25) is 0 Å². The van der Waals surface area contributed by atoms with Crippen LogP contribution in [0.15, 0.2) is 6.20 Å². The number of aldehydes is 1. The Morgan fingerprint density at radius 2 is 2.25 bits per heavy atom. The van der Waals surface area contributed by atoms with Crippen LogP contribution >= 0.6 is 0 Å². The Hall–Kier alpha value is -1.37. The minimum absolute atomic E-state index is 0.0925. The molecule has 4 nitrogen and oxygen atoms in total. The molecule has 0 aliphatic carbocycles. The molecule has 1 aromatic heterocycles. The average molecular weight is 236 g/mol. The fourth-order valence-corrected chi connectivity index (χ4v) is 1.11. The van der Waals surface area contributed by atoms with Gasteiger partial charge in [0.15, 0.2) is 12.0 Å². The summed E-state index contributed by atoms with van der Waals surface area (Å²) in [5, 5.41) is 3.26. The Balaban J connectivity index is 2.82. The Morgan fingerprint density at radius 1 is 1.56 bits per heavy atom. The van der Waals surface area contributed by atoms with E-state index in [1.807, 2.05) is 6.92 Å². The fraction of sp³-hybridized carbons (Fsp3) is 0.556. The van der Waals surface area contributed by atoms with Crippen LogP contribution in [0.25, 0.3) is 0 Å². The molecule has 0 bridgehead atoms. The molecule has 0 aliphatic heterocycles. The minimum atomic E-state index is -4.62. The van der Waals surface area contributed by atoms with E-state index in [9.17, 15) is 18.0 Å². The van der Waals surface area contributed by atoms with E-state index in [4.69, 9.17) is 4.74 Å². The molecule has 16 heavy (non-hydrogen) atoms. The molecular weight excluding hydrogens is 225 g/mol. The number of hydrogen-bond donors (Lipinski definition) is 0. The van der Waals surface area contributed by atoms with Gasteiger partial charge < -0.3 is 4.74 Å². The molecule has 0 unspecified atom stereocenters. The Kier molecular flexibility index (Phi) is 4.05. The molecule has 0 aliphatic rings. The average Bonchev–Trinajstić information content (AvgIpc) is 2.61. The van der Waals surface area contributed by atoms with Crippen molar-refractivity contribution in [1.82, 2.24) is 9.78 Å². The first-order valence-electron chi connectivity index (χ1n) is 4.66. The van der Waals surface area contributed by atoms with Crippen LogP contribution in [-0.2, 0) is 17.6 Å². The Morgan fingerprint density at radius 3 is 2.69 bits per heavy atom. The highest BCUT2D eigenvalue weighted by Gasteiger charge is 2.37. The van der Waals surface area contributed by atoms with Gasteiger partial charge in [-0.05, 0) is 6.42 Å². The van der Waals surface area contributed by atoms with Crippen molar-refractivity contribution in [1.29, 1.82) is 0 Å². The third-order valence-corrected chi connectivity index (χ3v) is 1.76. The topological polar surface area (TPSA) is 44.1 Å². The maximum Gasteiger partial charge on any atom is 0.435 e. The molecule has 0 saturated heterocycles. The van der Waals surface area contributed by atoms with Crippen LogP contribution in [-0.4, -0.2) is 22.7 Å². The van der Waals surface area contributed by atoms with Gasteiger partial charge >= 0.3 is 6.18 Å². The second kappa shape index (κ2) is 5.11. The summed E-state index contributed by atoms with van der Waals surface area (Å²) in [5.41, 5.74) is -1.66. The Labute approximate surface area is 90.0 Å². The molecule has 0 spiro atoms. The van der Waals surface area contributed by atoms with Crippen molar-refractivity contribution in [3.8, 4) is 0 Å². The summed E-state index contributed by atoms with van der Waals surface area (Å²) in [4.78, 5) is 10.4. The van der Waals surface area contributed by atoms with Gasteiger partial charge in [-0.25, -0.2) is 4.68 Å². The second-order valence-electron chi connectivity index (χ2n) is 3.13. The first kappa shape index (κ1) is 12.7. The van der Waals surface area contributed by atoms with Gasteiger partial charge in [-0.3, -0.25) is 4.79 Å². The molecule has 1 rings (SSSR count). The minimum Gasteiger partial charge on any atom is -0.359 e. The lowest BCUT2D eigenvalue weighted by Gasteiger charge is -2.03. The van der Waals surface area contributed by atoms with Crippen molar-refractivity contribution in [2.24, 2.45) is 0 Å². The molecule has 0 N–H and O–H groups in total. The molecule has 1 aromatic rings. The third-order valence-electron chi connectivity index (χ3n) is 1.76. The van der Waals surface area contributed by atoms with E-state index in [-0.39, 0.29) is 13.0 Å². The van der Waals surface area contributed by atoms with Crippen molar-refractivity contribution in [3.63, 3.8) is 0 Å².